The average Bonchev–Trinajstić information content (AvgIpc) is 2.91. The fraction of sp³-hybridized carbons (Fsp3) is 0.562. The molecule has 5 heteroatoms. The standard InChI is InChI=1S/C16H23NO4/c1-3-10-20-12-4-6-13(7-5-12)21-14-8-9-16(11-14,17-2)15(18)19/h4-7,14,17H,3,8-11H2,1-2H3,(H,18,19). The molecule has 1 aliphatic carbocycles. The summed E-state index contributed by atoms with van der Waals surface area (Å²) in [5.41, 5.74) is -0.852. The van der Waals surface area contributed by atoms with Gasteiger partial charge in [-0.15, -0.1) is 0 Å². The van der Waals surface area contributed by atoms with E-state index < -0.39 is 11.5 Å². The van der Waals surface area contributed by atoms with Crippen molar-refractivity contribution in [1.82, 2.24) is 5.32 Å². The zero-order chi connectivity index (χ0) is 15.3. The van der Waals surface area contributed by atoms with Crippen LogP contribution >= 0.6 is 0 Å². The Hall–Kier alpha value is -1.75. The van der Waals surface area contributed by atoms with Crippen molar-refractivity contribution in [3.8, 4) is 11.5 Å². The lowest BCUT2D eigenvalue weighted by atomic mass is 9.98. The molecule has 0 spiro atoms. The maximum absolute atomic E-state index is 11.4. The third-order valence-electron chi connectivity index (χ3n) is 3.96. The Morgan fingerprint density at radius 3 is 2.57 bits per heavy atom. The Morgan fingerprint density at radius 2 is 2.05 bits per heavy atom. The van der Waals surface area contributed by atoms with Crippen molar-refractivity contribution < 1.29 is 19.4 Å². The number of carbonyl (C=O) groups is 1. The van der Waals surface area contributed by atoms with Crippen molar-refractivity contribution in [2.75, 3.05) is 13.7 Å². The highest BCUT2D eigenvalue weighted by molar-refractivity contribution is 5.79. The van der Waals surface area contributed by atoms with Gasteiger partial charge in [-0.1, -0.05) is 6.92 Å². The van der Waals surface area contributed by atoms with Crippen molar-refractivity contribution >= 4 is 5.97 Å². The molecule has 1 saturated carbocycles. The van der Waals surface area contributed by atoms with E-state index >= 15 is 0 Å². The highest BCUT2D eigenvalue weighted by atomic mass is 16.5. The molecule has 2 unspecified atom stereocenters. The number of hydrogen-bond donors (Lipinski definition) is 2. The minimum absolute atomic E-state index is 0.0732. The number of rotatable bonds is 7. The number of carboxylic acid groups (broad SMARTS) is 1. The average molecular weight is 293 g/mol. The van der Waals surface area contributed by atoms with Crippen molar-refractivity contribution in [3.05, 3.63) is 24.3 Å². The molecule has 0 amide bonds. The van der Waals surface area contributed by atoms with E-state index in [0.29, 0.717) is 19.4 Å². The fourth-order valence-electron chi connectivity index (χ4n) is 2.66. The first-order valence-corrected chi connectivity index (χ1v) is 7.41. The third kappa shape index (κ3) is 3.67. The van der Waals surface area contributed by atoms with Gasteiger partial charge in [-0.3, -0.25) is 4.79 Å². The smallest absolute Gasteiger partial charge is 0.324 e. The first-order valence-electron chi connectivity index (χ1n) is 7.41. The van der Waals surface area contributed by atoms with Crippen LogP contribution in [0.2, 0.25) is 0 Å². The SMILES string of the molecule is CCCOc1ccc(OC2CCC(NC)(C(=O)O)C2)cc1. The summed E-state index contributed by atoms with van der Waals surface area (Å²) >= 11 is 0. The zero-order valence-electron chi connectivity index (χ0n) is 12.6. The number of nitrogens with one attached hydrogen (secondary N) is 1. The molecule has 1 aliphatic rings. The maximum atomic E-state index is 11.4. The molecule has 0 aromatic heterocycles. The van der Waals surface area contributed by atoms with Crippen LogP contribution in [0.4, 0.5) is 0 Å². The summed E-state index contributed by atoms with van der Waals surface area (Å²) in [6, 6.07) is 7.49. The van der Waals surface area contributed by atoms with E-state index in [0.717, 1.165) is 24.3 Å². The van der Waals surface area contributed by atoms with Crippen LogP contribution in [0.15, 0.2) is 24.3 Å². The highest BCUT2D eigenvalue weighted by Crippen LogP contribution is 2.33. The van der Waals surface area contributed by atoms with Crippen LogP contribution in [-0.2, 0) is 4.79 Å². The van der Waals surface area contributed by atoms with Gasteiger partial charge in [-0.25, -0.2) is 0 Å². The predicted molar refractivity (Wildman–Crippen MR) is 79.9 cm³/mol. The van der Waals surface area contributed by atoms with E-state index in [1.807, 2.05) is 24.3 Å². The summed E-state index contributed by atoms with van der Waals surface area (Å²) in [6.07, 6.45) is 2.70. The van der Waals surface area contributed by atoms with Gasteiger partial charge < -0.3 is 19.9 Å². The van der Waals surface area contributed by atoms with E-state index in [1.54, 1.807) is 7.05 Å². The van der Waals surface area contributed by atoms with Crippen molar-refractivity contribution in [2.45, 2.75) is 44.2 Å². The molecule has 0 heterocycles. The van der Waals surface area contributed by atoms with Gasteiger partial charge >= 0.3 is 5.97 Å². The van der Waals surface area contributed by atoms with Crippen LogP contribution in [0, 0.1) is 0 Å². The number of hydrogen-bond acceptors (Lipinski definition) is 4. The number of ether oxygens (including phenoxy) is 2. The van der Waals surface area contributed by atoms with Crippen LogP contribution in [0.25, 0.3) is 0 Å². The Labute approximate surface area is 125 Å². The summed E-state index contributed by atoms with van der Waals surface area (Å²) in [5.74, 6) is 0.770. The largest absolute Gasteiger partial charge is 0.494 e. The third-order valence-corrected chi connectivity index (χ3v) is 3.96. The number of aliphatic carboxylic acids is 1. The van der Waals surface area contributed by atoms with Crippen molar-refractivity contribution in [3.63, 3.8) is 0 Å². The summed E-state index contributed by atoms with van der Waals surface area (Å²) in [6.45, 7) is 2.76. The second-order valence-electron chi connectivity index (χ2n) is 5.44. The first-order chi connectivity index (χ1) is 10.1. The minimum Gasteiger partial charge on any atom is -0.494 e. The number of likely N-dealkylation sites (N-methyl/N-ethyl adjacent to an activating group) is 1. The second kappa shape index (κ2) is 6.80. The molecule has 2 N–H and O–H groups in total. The quantitative estimate of drug-likeness (QED) is 0.808. The van der Waals surface area contributed by atoms with Gasteiger partial charge in [0.2, 0.25) is 0 Å². The molecule has 116 valence electrons. The van der Waals surface area contributed by atoms with E-state index in [4.69, 9.17) is 9.47 Å². The molecule has 0 bridgehead atoms. The molecule has 0 aliphatic heterocycles. The molecular formula is C16H23NO4. The van der Waals surface area contributed by atoms with Gasteiger partial charge in [-0.05, 0) is 50.6 Å². The Kier molecular flexibility index (Phi) is 5.07. The highest BCUT2D eigenvalue weighted by Gasteiger charge is 2.45. The topological polar surface area (TPSA) is 67.8 Å². The predicted octanol–water partition coefficient (Wildman–Crippen LogP) is 2.45. The molecule has 5 nitrogen and oxygen atoms in total. The van der Waals surface area contributed by atoms with Gasteiger partial charge in [0.1, 0.15) is 23.1 Å². The molecule has 0 radical (unpaired) electrons. The van der Waals surface area contributed by atoms with E-state index in [1.165, 1.54) is 0 Å². The molecule has 0 saturated heterocycles. The van der Waals surface area contributed by atoms with E-state index in [2.05, 4.69) is 12.2 Å². The molecular weight excluding hydrogens is 270 g/mol. The summed E-state index contributed by atoms with van der Waals surface area (Å²) in [5, 5.41) is 12.3. The molecule has 1 fully saturated rings. The van der Waals surface area contributed by atoms with Gasteiger partial charge in [0, 0.05) is 6.42 Å². The van der Waals surface area contributed by atoms with Gasteiger partial charge in [0.05, 0.1) is 6.61 Å². The Bertz CT molecular complexity index is 474. The maximum Gasteiger partial charge on any atom is 0.324 e. The molecule has 1 aromatic rings. The lowest BCUT2D eigenvalue weighted by Gasteiger charge is -2.23. The summed E-state index contributed by atoms with van der Waals surface area (Å²) < 4.78 is 11.4. The molecule has 1 aromatic carbocycles. The lowest BCUT2D eigenvalue weighted by Crippen LogP contribution is -2.48. The van der Waals surface area contributed by atoms with Crippen molar-refractivity contribution in [2.24, 2.45) is 0 Å². The minimum atomic E-state index is -0.852. The number of carboxylic acids is 1. The van der Waals surface area contributed by atoms with Crippen LogP contribution in [-0.4, -0.2) is 36.4 Å². The van der Waals surface area contributed by atoms with Crippen LogP contribution < -0.4 is 14.8 Å². The monoisotopic (exact) mass is 293 g/mol. The molecule has 2 atom stereocenters. The first kappa shape index (κ1) is 15.6. The second-order valence-corrected chi connectivity index (χ2v) is 5.44. The van der Waals surface area contributed by atoms with Gasteiger partial charge in [0.15, 0.2) is 0 Å². The number of benzene rings is 1. The van der Waals surface area contributed by atoms with Gasteiger partial charge in [0.25, 0.3) is 0 Å². The van der Waals surface area contributed by atoms with Crippen LogP contribution in [0.3, 0.4) is 0 Å². The Balaban J connectivity index is 1.92. The summed E-state index contributed by atoms with van der Waals surface area (Å²) in [7, 11) is 1.69. The molecule has 21 heavy (non-hydrogen) atoms. The fourth-order valence-corrected chi connectivity index (χ4v) is 2.66. The molecule has 2 rings (SSSR count). The summed E-state index contributed by atoms with van der Waals surface area (Å²) in [4.78, 5) is 11.4. The Morgan fingerprint density at radius 1 is 1.38 bits per heavy atom. The van der Waals surface area contributed by atoms with Crippen molar-refractivity contribution in [1.29, 1.82) is 0 Å². The lowest BCUT2D eigenvalue weighted by molar-refractivity contribution is -0.144. The zero-order valence-corrected chi connectivity index (χ0v) is 12.6. The van der Waals surface area contributed by atoms with Crippen LogP contribution in [0.1, 0.15) is 32.6 Å². The van der Waals surface area contributed by atoms with Gasteiger partial charge in [-0.2, -0.15) is 0 Å². The van der Waals surface area contributed by atoms with Crippen LogP contribution in [0.5, 0.6) is 11.5 Å². The van der Waals surface area contributed by atoms with E-state index in [9.17, 15) is 9.90 Å². The van der Waals surface area contributed by atoms with E-state index in [-0.39, 0.29) is 6.10 Å². The normalized spacial score (nSPS) is 24.8.